The van der Waals surface area contributed by atoms with E-state index in [1.54, 1.807) is 33.8 Å². The molecule has 8 atom stereocenters. The molecule has 2 heterocycles. The van der Waals surface area contributed by atoms with Crippen molar-refractivity contribution in [1.29, 1.82) is 0 Å². The Morgan fingerprint density at radius 2 is 1.86 bits per heavy atom. The Morgan fingerprint density at radius 1 is 1.16 bits per heavy atom. The smallest absolute Gasteiger partial charge is 0.331 e. The number of fused-ring (bicyclic) bond motifs is 6. The number of Topliss-reactive ketones (excluding diaryl/α,β-unsaturated/α-hetero) is 1. The van der Waals surface area contributed by atoms with Crippen molar-refractivity contribution in [3.63, 3.8) is 0 Å². The molecule has 3 fully saturated rings. The van der Waals surface area contributed by atoms with Crippen LogP contribution in [0.25, 0.3) is 0 Å². The van der Waals surface area contributed by atoms with E-state index in [0.29, 0.717) is 24.0 Å². The van der Waals surface area contributed by atoms with Gasteiger partial charge in [0, 0.05) is 54.1 Å². The van der Waals surface area contributed by atoms with Crippen molar-refractivity contribution in [2.45, 2.75) is 90.6 Å². The molecule has 11 nitrogen and oxygen atoms in total. The van der Waals surface area contributed by atoms with Crippen LogP contribution >= 0.6 is 0 Å². The number of esters is 4. The predicted octanol–water partition coefficient (Wildman–Crippen LogP) is 3.63. The molecule has 2 bridgehead atoms. The minimum Gasteiger partial charge on any atom is -0.472 e. The summed E-state index contributed by atoms with van der Waals surface area (Å²) in [6, 6.07) is 1.69. The number of rotatable bonds is 6. The highest BCUT2D eigenvalue weighted by Gasteiger charge is 2.76. The Balaban J connectivity index is 1.74. The molecule has 1 aromatic heterocycles. The van der Waals surface area contributed by atoms with Gasteiger partial charge < -0.3 is 28.5 Å². The summed E-state index contributed by atoms with van der Waals surface area (Å²) in [5.41, 5.74) is -4.98. The van der Waals surface area contributed by atoms with Gasteiger partial charge in [0.2, 0.25) is 5.60 Å². The highest BCUT2D eigenvalue weighted by Crippen LogP contribution is 2.68. The molecule has 4 aliphatic rings. The van der Waals surface area contributed by atoms with Crippen LogP contribution in [0.2, 0.25) is 0 Å². The lowest BCUT2D eigenvalue weighted by Crippen LogP contribution is -2.77. The maximum atomic E-state index is 14.7. The summed E-state index contributed by atoms with van der Waals surface area (Å²) in [5.74, 6) is -6.26. The lowest BCUT2D eigenvalue weighted by atomic mass is 9.41. The molecule has 0 spiro atoms. The minimum absolute atomic E-state index is 0.200. The second-order valence-corrected chi connectivity index (χ2v) is 13.6. The van der Waals surface area contributed by atoms with E-state index in [1.165, 1.54) is 25.7 Å². The molecule has 1 aromatic rings. The van der Waals surface area contributed by atoms with Crippen molar-refractivity contribution in [1.82, 2.24) is 0 Å². The first-order valence-electron chi connectivity index (χ1n) is 14.7. The predicted molar refractivity (Wildman–Crippen MR) is 148 cm³/mol. The molecular formula is C32H40O11. The average Bonchev–Trinajstić information content (AvgIpc) is 3.45. The minimum atomic E-state index is -2.09. The van der Waals surface area contributed by atoms with Crippen molar-refractivity contribution >= 4 is 29.7 Å². The molecule has 0 radical (unpaired) electrons. The van der Waals surface area contributed by atoms with Gasteiger partial charge in [0.15, 0.2) is 11.9 Å². The summed E-state index contributed by atoms with van der Waals surface area (Å²) in [6.07, 6.45) is 2.23. The van der Waals surface area contributed by atoms with E-state index in [4.69, 9.17) is 23.4 Å². The average molecular weight is 601 g/mol. The number of carbonyl (C=O) groups is 5. The van der Waals surface area contributed by atoms with Crippen LogP contribution in [0.1, 0.15) is 78.9 Å². The Morgan fingerprint density at radius 3 is 2.44 bits per heavy atom. The Kier molecular flexibility index (Phi) is 7.43. The molecule has 43 heavy (non-hydrogen) atoms. The van der Waals surface area contributed by atoms with Crippen LogP contribution in [-0.2, 0) is 42.9 Å². The van der Waals surface area contributed by atoms with Crippen molar-refractivity contribution in [2.24, 2.45) is 34.5 Å². The van der Waals surface area contributed by atoms with Crippen molar-refractivity contribution in [3.8, 4) is 0 Å². The van der Waals surface area contributed by atoms with Gasteiger partial charge in [0.25, 0.3) is 0 Å². The first-order valence-corrected chi connectivity index (χ1v) is 14.7. The van der Waals surface area contributed by atoms with Gasteiger partial charge in [-0.05, 0) is 30.4 Å². The molecule has 1 aliphatic heterocycles. The Labute approximate surface area is 250 Å². The first kappa shape index (κ1) is 31.0. The van der Waals surface area contributed by atoms with Crippen molar-refractivity contribution in [3.05, 3.63) is 35.8 Å². The van der Waals surface area contributed by atoms with Crippen LogP contribution in [-0.4, -0.2) is 59.2 Å². The zero-order valence-electron chi connectivity index (χ0n) is 25.6. The van der Waals surface area contributed by atoms with Gasteiger partial charge in [-0.15, -0.1) is 0 Å². The number of aliphatic hydroxyl groups is 1. The molecule has 0 aromatic carbocycles. The SMILES string of the molecule is COC(=O)C[C@@H]1[C@@H]2C(=O)[C@@](OC(C)=O)(C[C@@]3(O)C4=CC(=O)O[C@@H](c5ccoc5)[C@]4(C)CC[C@H]23)[C@@H](OC(=O)C(C)C)C1(C)C. The standard InChI is InChI=1S/C32H40O11/c1-16(2)27(37)42-28-29(4,5)20(12-22(34)39-7)24-19-8-10-30(6)21(13-23(35)41-26(30)18-9-11-40-14-18)31(19,38)15-32(28,25(24)36)43-17(3)33/h9,11,13-14,16,19-20,24,26,28,38H,8,10,12,15H2,1-7H3/t19-,20-,24-,26+,28+,30-,31+,32+/m1/s1. The summed E-state index contributed by atoms with van der Waals surface area (Å²) in [5, 5.41) is 12.9. The van der Waals surface area contributed by atoms with E-state index < -0.39 is 94.0 Å². The summed E-state index contributed by atoms with van der Waals surface area (Å²) in [7, 11) is 1.25. The topological polar surface area (TPSA) is 156 Å². The van der Waals surface area contributed by atoms with E-state index in [-0.39, 0.29) is 6.42 Å². The maximum Gasteiger partial charge on any atom is 0.331 e. The van der Waals surface area contributed by atoms with Gasteiger partial charge in [-0.3, -0.25) is 19.2 Å². The molecule has 3 saturated carbocycles. The quantitative estimate of drug-likeness (QED) is 0.376. The van der Waals surface area contributed by atoms with Gasteiger partial charge in [-0.25, -0.2) is 4.79 Å². The van der Waals surface area contributed by atoms with Crippen LogP contribution in [0.4, 0.5) is 0 Å². The summed E-state index contributed by atoms with van der Waals surface area (Å²) in [6.45, 7) is 9.87. The van der Waals surface area contributed by atoms with Crippen LogP contribution in [0.5, 0.6) is 0 Å². The third-order valence-corrected chi connectivity index (χ3v) is 10.4. The molecule has 5 rings (SSSR count). The molecular weight excluding hydrogens is 560 g/mol. The first-order chi connectivity index (χ1) is 20.0. The Bertz CT molecular complexity index is 1370. The molecule has 0 amide bonds. The van der Waals surface area contributed by atoms with Crippen LogP contribution < -0.4 is 0 Å². The summed E-state index contributed by atoms with van der Waals surface area (Å²) < 4.78 is 28.0. The normalized spacial score (nSPS) is 37.8. The number of methoxy groups -OCH3 is 1. The number of ether oxygens (including phenoxy) is 4. The second-order valence-electron chi connectivity index (χ2n) is 13.6. The van der Waals surface area contributed by atoms with Gasteiger partial charge in [0.1, 0.15) is 6.10 Å². The maximum absolute atomic E-state index is 14.7. The van der Waals surface area contributed by atoms with Crippen molar-refractivity contribution in [2.75, 3.05) is 7.11 Å². The fourth-order valence-corrected chi connectivity index (χ4v) is 8.49. The molecule has 3 aliphatic carbocycles. The lowest BCUT2D eigenvalue weighted by Gasteiger charge is -2.66. The zero-order chi connectivity index (χ0) is 31.7. The number of hydrogen-bond acceptors (Lipinski definition) is 11. The third-order valence-electron chi connectivity index (χ3n) is 10.4. The van der Waals surface area contributed by atoms with Crippen molar-refractivity contribution < 1.29 is 52.4 Å². The third kappa shape index (κ3) is 4.53. The Hall–Kier alpha value is -3.47. The zero-order valence-corrected chi connectivity index (χ0v) is 25.6. The number of cyclic esters (lactones) is 1. The second kappa shape index (κ2) is 10.3. The van der Waals surface area contributed by atoms with E-state index in [1.807, 2.05) is 6.92 Å². The lowest BCUT2D eigenvalue weighted by molar-refractivity contribution is -0.262. The number of furan rings is 1. The highest BCUT2D eigenvalue weighted by molar-refractivity contribution is 5.96. The monoisotopic (exact) mass is 600 g/mol. The van der Waals surface area contributed by atoms with E-state index in [9.17, 15) is 29.1 Å². The van der Waals surface area contributed by atoms with Crippen LogP contribution in [0.3, 0.4) is 0 Å². The fraction of sp³-hybridized carbons (Fsp3) is 0.656. The summed E-state index contributed by atoms with van der Waals surface area (Å²) >= 11 is 0. The molecule has 0 saturated heterocycles. The number of carbonyl (C=O) groups excluding carboxylic acids is 5. The number of hydrogen-bond donors (Lipinski definition) is 1. The van der Waals surface area contributed by atoms with Gasteiger partial charge >= 0.3 is 23.9 Å². The molecule has 0 unspecified atom stereocenters. The summed E-state index contributed by atoms with van der Waals surface area (Å²) in [4.78, 5) is 66.4. The van der Waals surface area contributed by atoms with Crippen LogP contribution in [0.15, 0.2) is 34.7 Å². The van der Waals surface area contributed by atoms with E-state index >= 15 is 0 Å². The van der Waals surface area contributed by atoms with E-state index in [0.717, 1.165) is 6.92 Å². The molecule has 1 N–H and O–H groups in total. The highest BCUT2D eigenvalue weighted by atomic mass is 16.6. The van der Waals surface area contributed by atoms with Gasteiger partial charge in [-0.1, -0.05) is 34.6 Å². The van der Waals surface area contributed by atoms with Gasteiger partial charge in [0.05, 0.1) is 31.2 Å². The van der Waals surface area contributed by atoms with Crippen LogP contribution in [0, 0.1) is 34.5 Å². The molecule has 234 valence electrons. The number of ketones is 1. The largest absolute Gasteiger partial charge is 0.472 e. The molecule has 11 heteroatoms. The van der Waals surface area contributed by atoms with E-state index in [2.05, 4.69) is 0 Å². The fourth-order valence-electron chi connectivity index (χ4n) is 8.49. The van der Waals surface area contributed by atoms with Gasteiger partial charge in [-0.2, -0.15) is 0 Å².